The minimum atomic E-state index is -0.668. The van der Waals surface area contributed by atoms with Crippen LogP contribution >= 0.6 is 0 Å². The molecule has 5 rings (SSSR count). The molecule has 1 saturated heterocycles. The van der Waals surface area contributed by atoms with Crippen LogP contribution in [0.2, 0.25) is 0 Å². The second kappa shape index (κ2) is 4.90. The average molecular weight is 338 g/mol. The fraction of sp³-hybridized carbons (Fsp3) is 0.350. The zero-order chi connectivity index (χ0) is 17.2. The van der Waals surface area contributed by atoms with E-state index in [-0.39, 0.29) is 11.2 Å². The van der Waals surface area contributed by atoms with Crippen LogP contribution in [0.25, 0.3) is 11.8 Å². The number of hydrogen-bond donors (Lipinski definition) is 0. The van der Waals surface area contributed by atoms with Gasteiger partial charge in [-0.1, -0.05) is 0 Å². The van der Waals surface area contributed by atoms with Crippen molar-refractivity contribution in [2.24, 2.45) is 5.41 Å². The summed E-state index contributed by atoms with van der Waals surface area (Å²) in [6, 6.07) is 6.41. The molecule has 2 aromatic rings. The quantitative estimate of drug-likeness (QED) is 0.796. The van der Waals surface area contributed by atoms with Crippen molar-refractivity contribution >= 4 is 6.08 Å². The van der Waals surface area contributed by atoms with Gasteiger partial charge in [-0.15, -0.1) is 0 Å². The average Bonchev–Trinajstić information content (AvgIpc) is 3.26. The monoisotopic (exact) mass is 338 g/mol. The lowest BCUT2D eigenvalue weighted by Crippen LogP contribution is -2.46. The molecule has 4 nitrogen and oxygen atoms in total. The summed E-state index contributed by atoms with van der Waals surface area (Å²) >= 11 is 0. The lowest BCUT2D eigenvalue weighted by atomic mass is 9.70. The molecule has 5 heteroatoms. The van der Waals surface area contributed by atoms with Gasteiger partial charge in [0.2, 0.25) is 0 Å². The van der Waals surface area contributed by atoms with Gasteiger partial charge >= 0.3 is 0 Å². The summed E-state index contributed by atoms with van der Waals surface area (Å²) < 4.78 is 27.2. The fourth-order valence-electron chi connectivity index (χ4n) is 4.45. The summed E-state index contributed by atoms with van der Waals surface area (Å²) in [6.45, 7) is 5.55. The summed E-state index contributed by atoms with van der Waals surface area (Å²) in [6.07, 6.45) is 6.99. The Morgan fingerprint density at radius 1 is 1.16 bits per heavy atom. The SMILES string of the molecule is CC1=CC2(OCCO2)C2(C)Cc3cnn(-c4ccc(F)cc4)c3C=C12. The van der Waals surface area contributed by atoms with Gasteiger partial charge in [0.15, 0.2) is 5.79 Å². The van der Waals surface area contributed by atoms with Crippen molar-refractivity contribution in [3.05, 3.63) is 64.8 Å². The lowest BCUT2D eigenvalue weighted by Gasteiger charge is -2.41. The predicted octanol–water partition coefficient (Wildman–Crippen LogP) is 3.66. The molecule has 0 N–H and O–H groups in total. The van der Waals surface area contributed by atoms with Crippen molar-refractivity contribution in [3.63, 3.8) is 0 Å². The van der Waals surface area contributed by atoms with Crippen molar-refractivity contribution < 1.29 is 13.9 Å². The molecule has 0 radical (unpaired) electrons. The predicted molar refractivity (Wildman–Crippen MR) is 91.7 cm³/mol. The van der Waals surface area contributed by atoms with Crippen LogP contribution in [0.1, 0.15) is 25.1 Å². The zero-order valence-electron chi connectivity index (χ0n) is 14.3. The van der Waals surface area contributed by atoms with Crippen LogP contribution in [0.4, 0.5) is 4.39 Å². The van der Waals surface area contributed by atoms with E-state index in [0.29, 0.717) is 13.2 Å². The van der Waals surface area contributed by atoms with E-state index in [1.165, 1.54) is 23.3 Å². The molecule has 128 valence electrons. The number of ether oxygens (including phenoxy) is 2. The largest absolute Gasteiger partial charge is 0.343 e. The third kappa shape index (κ3) is 1.91. The first-order chi connectivity index (χ1) is 12.0. The van der Waals surface area contributed by atoms with Crippen molar-refractivity contribution in [1.29, 1.82) is 0 Å². The molecule has 3 aliphatic rings. The Morgan fingerprint density at radius 2 is 1.88 bits per heavy atom. The topological polar surface area (TPSA) is 36.3 Å². The highest BCUT2D eigenvalue weighted by atomic mass is 19.1. The van der Waals surface area contributed by atoms with Gasteiger partial charge in [-0.05, 0) is 73.4 Å². The number of benzene rings is 1. The van der Waals surface area contributed by atoms with Gasteiger partial charge in [-0.3, -0.25) is 0 Å². The Hall–Kier alpha value is -2.24. The number of fused-ring (bicyclic) bond motifs is 3. The maximum absolute atomic E-state index is 13.2. The second-order valence-electron chi connectivity index (χ2n) is 7.20. The minimum absolute atomic E-state index is 0.247. The van der Waals surface area contributed by atoms with Crippen molar-refractivity contribution in [3.8, 4) is 5.69 Å². The zero-order valence-corrected chi connectivity index (χ0v) is 14.3. The summed E-state index contributed by atoms with van der Waals surface area (Å²) in [5, 5.41) is 4.54. The van der Waals surface area contributed by atoms with Gasteiger partial charge in [0.1, 0.15) is 5.82 Å². The van der Waals surface area contributed by atoms with E-state index in [2.05, 4.69) is 31.1 Å². The smallest absolute Gasteiger partial charge is 0.198 e. The molecular weight excluding hydrogens is 319 g/mol. The van der Waals surface area contributed by atoms with Crippen LogP contribution in [0, 0.1) is 11.2 Å². The van der Waals surface area contributed by atoms with Gasteiger partial charge < -0.3 is 9.47 Å². The van der Waals surface area contributed by atoms with Crippen molar-refractivity contribution in [2.75, 3.05) is 13.2 Å². The van der Waals surface area contributed by atoms with Gasteiger partial charge in [0.05, 0.1) is 36.2 Å². The van der Waals surface area contributed by atoms with E-state index in [1.54, 1.807) is 12.1 Å². The Labute approximate surface area is 145 Å². The Morgan fingerprint density at radius 3 is 2.60 bits per heavy atom. The molecular formula is C20H19FN2O2. The van der Waals surface area contributed by atoms with Crippen LogP contribution in [0.15, 0.2) is 47.7 Å². The fourth-order valence-corrected chi connectivity index (χ4v) is 4.45. The van der Waals surface area contributed by atoms with Gasteiger partial charge in [-0.25, -0.2) is 9.07 Å². The maximum atomic E-state index is 13.2. The van der Waals surface area contributed by atoms with Crippen LogP contribution < -0.4 is 0 Å². The molecule has 0 saturated carbocycles. The Bertz CT molecular complexity index is 920. The molecule has 1 aromatic carbocycles. The number of rotatable bonds is 1. The highest BCUT2D eigenvalue weighted by molar-refractivity contribution is 5.68. The van der Waals surface area contributed by atoms with Crippen molar-refractivity contribution in [1.82, 2.24) is 9.78 Å². The Balaban J connectivity index is 1.64. The normalized spacial score (nSPS) is 26.4. The third-order valence-electron chi connectivity index (χ3n) is 5.69. The third-order valence-corrected chi connectivity index (χ3v) is 5.69. The van der Waals surface area contributed by atoms with E-state index < -0.39 is 5.79 Å². The molecule has 0 amide bonds. The number of hydrogen-bond acceptors (Lipinski definition) is 3. The van der Waals surface area contributed by atoms with E-state index >= 15 is 0 Å². The molecule has 1 atom stereocenters. The van der Waals surface area contributed by atoms with Crippen LogP contribution in [0.5, 0.6) is 0 Å². The highest BCUT2D eigenvalue weighted by Crippen LogP contribution is 2.57. The molecule has 1 unspecified atom stereocenters. The Kier molecular flexibility index (Phi) is 2.95. The van der Waals surface area contributed by atoms with Gasteiger partial charge in [0.25, 0.3) is 0 Å². The van der Waals surface area contributed by atoms with E-state index in [0.717, 1.165) is 23.4 Å². The second-order valence-corrected chi connectivity index (χ2v) is 7.20. The molecule has 25 heavy (non-hydrogen) atoms. The van der Waals surface area contributed by atoms with Crippen molar-refractivity contribution in [2.45, 2.75) is 26.1 Å². The molecule has 1 aromatic heterocycles. The number of aromatic nitrogens is 2. The van der Waals surface area contributed by atoms with E-state index in [4.69, 9.17) is 9.47 Å². The first kappa shape index (κ1) is 15.0. The van der Waals surface area contributed by atoms with Gasteiger partial charge in [-0.2, -0.15) is 5.10 Å². The first-order valence-corrected chi connectivity index (χ1v) is 8.55. The van der Waals surface area contributed by atoms with Crippen LogP contribution in [-0.2, 0) is 15.9 Å². The minimum Gasteiger partial charge on any atom is -0.343 e. The highest BCUT2D eigenvalue weighted by Gasteiger charge is 2.59. The lowest BCUT2D eigenvalue weighted by molar-refractivity contribution is -0.176. The molecule has 1 spiro atoms. The summed E-state index contributed by atoms with van der Waals surface area (Å²) in [5.41, 5.74) is 5.20. The molecule has 2 aliphatic carbocycles. The summed E-state index contributed by atoms with van der Waals surface area (Å²) in [5.74, 6) is -0.916. The van der Waals surface area contributed by atoms with E-state index in [9.17, 15) is 4.39 Å². The van der Waals surface area contributed by atoms with Gasteiger partial charge in [0, 0.05) is 0 Å². The first-order valence-electron chi connectivity index (χ1n) is 8.55. The maximum Gasteiger partial charge on any atom is 0.198 e. The molecule has 1 aliphatic heterocycles. The van der Waals surface area contributed by atoms with Crippen LogP contribution in [0.3, 0.4) is 0 Å². The molecule has 2 heterocycles. The van der Waals surface area contributed by atoms with Crippen LogP contribution in [-0.4, -0.2) is 28.8 Å². The summed E-state index contributed by atoms with van der Waals surface area (Å²) in [4.78, 5) is 0. The summed E-state index contributed by atoms with van der Waals surface area (Å²) in [7, 11) is 0. The molecule has 1 fully saturated rings. The van der Waals surface area contributed by atoms with E-state index in [1.807, 2.05) is 10.9 Å². The molecule has 0 bridgehead atoms. The number of allylic oxidation sites excluding steroid dienone is 1. The number of nitrogens with zero attached hydrogens (tertiary/aromatic N) is 2. The standard InChI is InChI=1S/C20H19FN2O2/c1-13-10-20(24-7-8-25-20)19(2)11-14-12-22-23(18(14)9-17(13)19)16-5-3-15(21)4-6-16/h3-6,9-10,12H,7-8,11H2,1-2H3. The number of halogens is 1.